The van der Waals surface area contributed by atoms with Gasteiger partial charge in [-0.25, -0.2) is 4.98 Å². The van der Waals surface area contributed by atoms with Crippen molar-refractivity contribution in [2.75, 3.05) is 11.1 Å². The van der Waals surface area contributed by atoms with Gasteiger partial charge in [0.1, 0.15) is 0 Å². The van der Waals surface area contributed by atoms with Gasteiger partial charge in [-0.15, -0.1) is 0 Å². The van der Waals surface area contributed by atoms with Crippen molar-refractivity contribution in [3.63, 3.8) is 0 Å². The van der Waals surface area contributed by atoms with Crippen LogP contribution in [0.3, 0.4) is 0 Å². The van der Waals surface area contributed by atoms with Crippen LogP contribution in [0.4, 0.5) is 11.4 Å². The van der Waals surface area contributed by atoms with Gasteiger partial charge in [0.05, 0.1) is 11.9 Å². The third-order valence-corrected chi connectivity index (χ3v) is 2.78. The molecular weight excluding hydrogens is 242 g/mol. The van der Waals surface area contributed by atoms with Crippen molar-refractivity contribution in [3.05, 3.63) is 42.5 Å². The van der Waals surface area contributed by atoms with Gasteiger partial charge in [0.25, 0.3) is 5.91 Å². The van der Waals surface area contributed by atoms with E-state index in [2.05, 4.69) is 10.3 Å². The second-order valence-electron chi connectivity index (χ2n) is 4.47. The van der Waals surface area contributed by atoms with E-state index in [1.807, 2.05) is 23.8 Å². The summed E-state index contributed by atoms with van der Waals surface area (Å²) in [4.78, 5) is 15.2. The van der Waals surface area contributed by atoms with Gasteiger partial charge < -0.3 is 21.4 Å². The lowest BCUT2D eigenvalue weighted by Crippen LogP contribution is -2.22. The molecule has 0 radical (unpaired) electrons. The summed E-state index contributed by atoms with van der Waals surface area (Å²) < 4.78 is 1.98. The Morgan fingerprint density at radius 3 is 2.95 bits per heavy atom. The zero-order valence-corrected chi connectivity index (χ0v) is 10.7. The number of nitrogens with zero attached hydrogens (tertiary/aromatic N) is 2. The average molecular weight is 259 g/mol. The molecular formula is C13H17N5O. The second kappa shape index (κ2) is 5.43. The number of amides is 1. The maximum absolute atomic E-state index is 11.2. The molecule has 0 aliphatic heterocycles. The van der Waals surface area contributed by atoms with E-state index in [4.69, 9.17) is 11.5 Å². The minimum absolute atomic E-state index is 0.179. The van der Waals surface area contributed by atoms with Crippen molar-refractivity contribution in [2.24, 2.45) is 5.73 Å². The van der Waals surface area contributed by atoms with Gasteiger partial charge in [-0.1, -0.05) is 0 Å². The molecule has 6 heteroatoms. The number of rotatable bonds is 5. The molecule has 5 N–H and O–H groups in total. The lowest BCUT2D eigenvalue weighted by atomic mass is 10.1. The maximum Gasteiger partial charge on any atom is 0.250 e. The SMILES string of the molecule is CC(Cn1ccnc1)Nc1ccc(N)c(C(N)=O)c1. The summed E-state index contributed by atoms with van der Waals surface area (Å²) in [6, 6.07) is 5.35. The number of imidazole rings is 1. The lowest BCUT2D eigenvalue weighted by Gasteiger charge is -2.16. The molecule has 0 spiro atoms. The first-order valence-corrected chi connectivity index (χ1v) is 5.98. The van der Waals surface area contributed by atoms with Crippen LogP contribution < -0.4 is 16.8 Å². The summed E-state index contributed by atoms with van der Waals surface area (Å²) in [5.41, 5.74) is 12.5. The number of hydrogen-bond acceptors (Lipinski definition) is 4. The number of nitrogens with two attached hydrogens (primary N) is 2. The Morgan fingerprint density at radius 1 is 1.53 bits per heavy atom. The van der Waals surface area contributed by atoms with E-state index in [1.165, 1.54) is 0 Å². The third kappa shape index (κ3) is 3.25. The highest BCUT2D eigenvalue weighted by Gasteiger charge is 2.08. The minimum atomic E-state index is -0.525. The Labute approximate surface area is 111 Å². The fourth-order valence-electron chi connectivity index (χ4n) is 1.90. The number of carbonyl (C=O) groups excluding carboxylic acids is 1. The van der Waals surface area contributed by atoms with Crippen LogP contribution in [0.15, 0.2) is 36.9 Å². The number of aromatic nitrogens is 2. The molecule has 2 aromatic rings. The van der Waals surface area contributed by atoms with Crippen molar-refractivity contribution >= 4 is 17.3 Å². The molecule has 0 saturated heterocycles. The predicted octanol–water partition coefficient (Wildman–Crippen LogP) is 1.06. The van der Waals surface area contributed by atoms with Crippen LogP contribution >= 0.6 is 0 Å². The third-order valence-electron chi connectivity index (χ3n) is 2.78. The van der Waals surface area contributed by atoms with Crippen molar-refractivity contribution in [1.82, 2.24) is 9.55 Å². The molecule has 100 valence electrons. The molecule has 0 aliphatic carbocycles. The number of anilines is 2. The normalized spacial score (nSPS) is 12.1. The first kappa shape index (κ1) is 12.9. The largest absolute Gasteiger partial charge is 0.398 e. The van der Waals surface area contributed by atoms with Gasteiger partial charge in [-0.2, -0.15) is 0 Å². The van der Waals surface area contributed by atoms with Crippen molar-refractivity contribution in [3.8, 4) is 0 Å². The monoisotopic (exact) mass is 259 g/mol. The van der Waals surface area contributed by atoms with Crippen LogP contribution in [-0.2, 0) is 6.54 Å². The van der Waals surface area contributed by atoms with E-state index in [9.17, 15) is 4.79 Å². The number of nitrogen functional groups attached to an aromatic ring is 1. The molecule has 1 heterocycles. The predicted molar refractivity (Wildman–Crippen MR) is 74.7 cm³/mol. The number of hydrogen-bond donors (Lipinski definition) is 3. The molecule has 1 aromatic carbocycles. The topological polar surface area (TPSA) is 99.0 Å². The first-order chi connectivity index (χ1) is 9.06. The number of carbonyl (C=O) groups is 1. The standard InChI is InChI=1S/C13H17N5O/c1-9(7-18-5-4-16-8-18)17-10-2-3-12(14)11(6-10)13(15)19/h2-6,8-9,17H,7,14H2,1H3,(H2,15,19). The van der Waals surface area contributed by atoms with E-state index >= 15 is 0 Å². The van der Waals surface area contributed by atoms with Crippen LogP contribution in [0, 0.1) is 0 Å². The molecule has 1 amide bonds. The number of benzene rings is 1. The number of primary amides is 1. The van der Waals surface area contributed by atoms with E-state index in [0.29, 0.717) is 11.3 Å². The van der Waals surface area contributed by atoms with Crippen LogP contribution in [-0.4, -0.2) is 21.5 Å². The van der Waals surface area contributed by atoms with Crippen molar-refractivity contribution in [1.29, 1.82) is 0 Å². The average Bonchev–Trinajstić information content (AvgIpc) is 2.84. The summed E-state index contributed by atoms with van der Waals surface area (Å²) >= 11 is 0. The van der Waals surface area contributed by atoms with Crippen LogP contribution in [0.25, 0.3) is 0 Å². The Balaban J connectivity index is 2.06. The molecule has 1 unspecified atom stereocenters. The Bertz CT molecular complexity index is 564. The fraction of sp³-hybridized carbons (Fsp3) is 0.231. The molecule has 0 fully saturated rings. The summed E-state index contributed by atoms with van der Waals surface area (Å²) in [6.07, 6.45) is 5.40. The maximum atomic E-state index is 11.2. The highest BCUT2D eigenvalue weighted by Crippen LogP contribution is 2.18. The molecule has 0 aliphatic rings. The van der Waals surface area contributed by atoms with Crippen LogP contribution in [0.1, 0.15) is 17.3 Å². The van der Waals surface area contributed by atoms with Gasteiger partial charge in [0.2, 0.25) is 0 Å². The molecule has 1 aromatic heterocycles. The second-order valence-corrected chi connectivity index (χ2v) is 4.47. The quantitative estimate of drug-likeness (QED) is 0.699. The molecule has 6 nitrogen and oxygen atoms in total. The smallest absolute Gasteiger partial charge is 0.250 e. The Kier molecular flexibility index (Phi) is 3.70. The summed E-state index contributed by atoms with van der Waals surface area (Å²) in [5.74, 6) is -0.525. The Morgan fingerprint density at radius 2 is 2.32 bits per heavy atom. The van der Waals surface area contributed by atoms with Gasteiger partial charge in [-0.3, -0.25) is 4.79 Å². The summed E-state index contributed by atoms with van der Waals surface area (Å²) in [6.45, 7) is 2.82. The summed E-state index contributed by atoms with van der Waals surface area (Å²) in [5, 5.41) is 3.29. The van der Waals surface area contributed by atoms with Crippen molar-refractivity contribution in [2.45, 2.75) is 19.5 Å². The molecule has 19 heavy (non-hydrogen) atoms. The molecule has 0 bridgehead atoms. The van der Waals surface area contributed by atoms with E-state index in [0.717, 1.165) is 12.2 Å². The van der Waals surface area contributed by atoms with E-state index in [-0.39, 0.29) is 6.04 Å². The zero-order chi connectivity index (χ0) is 13.8. The van der Waals surface area contributed by atoms with E-state index < -0.39 is 5.91 Å². The molecule has 2 rings (SSSR count). The Hall–Kier alpha value is -2.50. The highest BCUT2D eigenvalue weighted by molar-refractivity contribution is 5.98. The van der Waals surface area contributed by atoms with Gasteiger partial charge in [0.15, 0.2) is 0 Å². The molecule has 1 atom stereocenters. The first-order valence-electron chi connectivity index (χ1n) is 5.98. The van der Waals surface area contributed by atoms with Gasteiger partial charge in [0, 0.05) is 36.4 Å². The van der Waals surface area contributed by atoms with Crippen LogP contribution in [0.2, 0.25) is 0 Å². The minimum Gasteiger partial charge on any atom is -0.398 e. The fourth-order valence-corrected chi connectivity index (χ4v) is 1.90. The van der Waals surface area contributed by atoms with Crippen molar-refractivity contribution < 1.29 is 4.79 Å². The lowest BCUT2D eigenvalue weighted by molar-refractivity contribution is 0.100. The molecule has 0 saturated carbocycles. The number of nitrogens with one attached hydrogen (secondary N) is 1. The summed E-state index contributed by atoms with van der Waals surface area (Å²) in [7, 11) is 0. The van der Waals surface area contributed by atoms with Gasteiger partial charge in [-0.05, 0) is 25.1 Å². The van der Waals surface area contributed by atoms with Crippen LogP contribution in [0.5, 0.6) is 0 Å². The van der Waals surface area contributed by atoms with Gasteiger partial charge >= 0.3 is 0 Å². The highest BCUT2D eigenvalue weighted by atomic mass is 16.1. The van der Waals surface area contributed by atoms with E-state index in [1.54, 1.807) is 24.7 Å². The zero-order valence-electron chi connectivity index (χ0n) is 10.7.